The molecule has 0 spiro atoms. The van der Waals surface area contributed by atoms with Crippen molar-refractivity contribution in [2.24, 2.45) is 5.73 Å². The van der Waals surface area contributed by atoms with Gasteiger partial charge in [0, 0.05) is 4.88 Å². The summed E-state index contributed by atoms with van der Waals surface area (Å²) in [5.74, 6) is 0.891. The van der Waals surface area contributed by atoms with Crippen LogP contribution < -0.4 is 10.5 Å². The van der Waals surface area contributed by atoms with Gasteiger partial charge in [-0.3, -0.25) is 0 Å². The number of thiophene rings is 1. The van der Waals surface area contributed by atoms with E-state index in [4.69, 9.17) is 10.5 Å². The summed E-state index contributed by atoms with van der Waals surface area (Å²) in [7, 11) is 0. The Balaban J connectivity index is 2.12. The van der Waals surface area contributed by atoms with E-state index in [0.29, 0.717) is 0 Å². The van der Waals surface area contributed by atoms with Crippen molar-refractivity contribution >= 4 is 11.3 Å². The van der Waals surface area contributed by atoms with E-state index in [0.717, 1.165) is 11.3 Å². The molecule has 1 atom stereocenters. The van der Waals surface area contributed by atoms with Gasteiger partial charge >= 0.3 is 0 Å². The smallest absolute Gasteiger partial charge is 0.119 e. The molecule has 2 rings (SSSR count). The highest BCUT2D eigenvalue weighted by Gasteiger charge is 2.09. The number of rotatable bonds is 4. The summed E-state index contributed by atoms with van der Waals surface area (Å²) in [6, 6.07) is 12.1. The molecule has 0 aliphatic carbocycles. The molecule has 1 aromatic carbocycles. The summed E-state index contributed by atoms with van der Waals surface area (Å²) in [5, 5.41) is 2.05. The van der Waals surface area contributed by atoms with Gasteiger partial charge in [-0.1, -0.05) is 18.2 Å². The highest BCUT2D eigenvalue weighted by atomic mass is 32.1. The van der Waals surface area contributed by atoms with Crippen LogP contribution in [-0.2, 0) is 0 Å². The molecule has 2 N–H and O–H groups in total. The summed E-state index contributed by atoms with van der Waals surface area (Å²) in [6.45, 7) is 4.04. The lowest BCUT2D eigenvalue weighted by Crippen LogP contribution is -2.10. The zero-order chi connectivity index (χ0) is 12.3. The molecule has 2 nitrogen and oxygen atoms in total. The maximum atomic E-state index is 6.18. The summed E-state index contributed by atoms with van der Waals surface area (Å²) in [5.41, 5.74) is 7.30. The van der Waals surface area contributed by atoms with Crippen molar-refractivity contribution in [2.75, 3.05) is 0 Å². The Bertz CT molecular complexity index is 448. The van der Waals surface area contributed by atoms with Gasteiger partial charge < -0.3 is 10.5 Å². The van der Waals surface area contributed by atoms with Crippen molar-refractivity contribution < 1.29 is 4.74 Å². The van der Waals surface area contributed by atoms with Gasteiger partial charge in [0.2, 0.25) is 0 Å². The van der Waals surface area contributed by atoms with Crippen LogP contribution >= 0.6 is 11.3 Å². The minimum Gasteiger partial charge on any atom is -0.491 e. The van der Waals surface area contributed by atoms with E-state index in [2.05, 4.69) is 6.07 Å². The van der Waals surface area contributed by atoms with Crippen LogP contribution in [0.3, 0.4) is 0 Å². The van der Waals surface area contributed by atoms with E-state index in [1.165, 1.54) is 4.88 Å². The summed E-state index contributed by atoms with van der Waals surface area (Å²) in [6.07, 6.45) is 0.201. The van der Waals surface area contributed by atoms with Gasteiger partial charge in [-0.25, -0.2) is 0 Å². The second-order valence-corrected chi connectivity index (χ2v) is 5.21. The number of hydrogen-bond donors (Lipinski definition) is 1. The molecule has 0 unspecified atom stereocenters. The van der Waals surface area contributed by atoms with Crippen molar-refractivity contribution in [1.29, 1.82) is 0 Å². The highest BCUT2D eigenvalue weighted by molar-refractivity contribution is 7.10. The highest BCUT2D eigenvalue weighted by Crippen LogP contribution is 2.25. The second-order valence-electron chi connectivity index (χ2n) is 4.23. The minimum atomic E-state index is -0.0388. The number of nitrogens with two attached hydrogens (primary N) is 1. The molecule has 0 amide bonds. The largest absolute Gasteiger partial charge is 0.491 e. The molecule has 2 aromatic rings. The fraction of sp³-hybridized carbons (Fsp3) is 0.286. The van der Waals surface area contributed by atoms with E-state index in [1.807, 2.05) is 49.6 Å². The normalized spacial score (nSPS) is 12.7. The fourth-order valence-electron chi connectivity index (χ4n) is 1.66. The zero-order valence-corrected chi connectivity index (χ0v) is 10.9. The standard InChI is InChI=1S/C14H17NOS/c1-10(2)16-12-7-5-11(6-8-12)14(15)13-4-3-9-17-13/h3-10,14H,15H2,1-2H3/t14-/m0/s1. The Morgan fingerprint density at radius 2 is 1.82 bits per heavy atom. The third kappa shape index (κ3) is 3.08. The Labute approximate surface area is 106 Å². The van der Waals surface area contributed by atoms with Crippen LogP contribution in [0.2, 0.25) is 0 Å². The molecule has 0 bridgehead atoms. The van der Waals surface area contributed by atoms with E-state index in [-0.39, 0.29) is 12.1 Å². The van der Waals surface area contributed by atoms with Gasteiger partial charge in [0.25, 0.3) is 0 Å². The number of benzene rings is 1. The molecule has 17 heavy (non-hydrogen) atoms. The molecule has 1 aromatic heterocycles. The SMILES string of the molecule is CC(C)Oc1ccc([C@H](N)c2cccs2)cc1. The molecule has 0 saturated carbocycles. The van der Waals surface area contributed by atoms with Crippen molar-refractivity contribution in [3.05, 3.63) is 52.2 Å². The van der Waals surface area contributed by atoms with E-state index >= 15 is 0 Å². The molecular weight excluding hydrogens is 230 g/mol. The zero-order valence-electron chi connectivity index (χ0n) is 10.1. The molecule has 0 saturated heterocycles. The van der Waals surface area contributed by atoms with Gasteiger partial charge in [-0.05, 0) is 43.0 Å². The van der Waals surface area contributed by atoms with Gasteiger partial charge in [-0.15, -0.1) is 11.3 Å². The lowest BCUT2D eigenvalue weighted by molar-refractivity contribution is 0.242. The first-order valence-corrected chi connectivity index (χ1v) is 6.60. The topological polar surface area (TPSA) is 35.2 Å². The summed E-state index contributed by atoms with van der Waals surface area (Å²) < 4.78 is 5.60. The first-order chi connectivity index (χ1) is 8.16. The third-order valence-electron chi connectivity index (χ3n) is 2.46. The van der Waals surface area contributed by atoms with E-state index in [1.54, 1.807) is 11.3 Å². The molecular formula is C14H17NOS. The van der Waals surface area contributed by atoms with Gasteiger partial charge in [0.1, 0.15) is 5.75 Å². The maximum absolute atomic E-state index is 6.18. The van der Waals surface area contributed by atoms with Crippen molar-refractivity contribution in [1.82, 2.24) is 0 Å². The Morgan fingerprint density at radius 3 is 2.35 bits per heavy atom. The Morgan fingerprint density at radius 1 is 1.12 bits per heavy atom. The first-order valence-electron chi connectivity index (χ1n) is 5.72. The van der Waals surface area contributed by atoms with Crippen LogP contribution in [0.5, 0.6) is 5.75 Å². The monoisotopic (exact) mass is 247 g/mol. The average Bonchev–Trinajstić information content (AvgIpc) is 2.82. The summed E-state index contributed by atoms with van der Waals surface area (Å²) in [4.78, 5) is 1.18. The van der Waals surface area contributed by atoms with Gasteiger partial charge in [0.15, 0.2) is 0 Å². The molecule has 0 aliphatic heterocycles. The van der Waals surface area contributed by atoms with Gasteiger partial charge in [0.05, 0.1) is 12.1 Å². The van der Waals surface area contributed by atoms with Crippen LogP contribution in [-0.4, -0.2) is 6.10 Å². The molecule has 0 aliphatic rings. The summed E-state index contributed by atoms with van der Waals surface area (Å²) >= 11 is 1.68. The van der Waals surface area contributed by atoms with Crippen LogP contribution in [0, 0.1) is 0 Å². The first kappa shape index (κ1) is 12.1. The van der Waals surface area contributed by atoms with E-state index in [9.17, 15) is 0 Å². The minimum absolute atomic E-state index is 0.0388. The van der Waals surface area contributed by atoms with Crippen LogP contribution in [0.1, 0.15) is 30.3 Å². The van der Waals surface area contributed by atoms with Crippen molar-refractivity contribution in [2.45, 2.75) is 26.0 Å². The Hall–Kier alpha value is -1.32. The lowest BCUT2D eigenvalue weighted by atomic mass is 10.1. The van der Waals surface area contributed by atoms with Crippen LogP contribution in [0.4, 0.5) is 0 Å². The molecule has 3 heteroatoms. The molecule has 0 radical (unpaired) electrons. The Kier molecular flexibility index (Phi) is 3.82. The molecule has 1 heterocycles. The number of ether oxygens (including phenoxy) is 1. The van der Waals surface area contributed by atoms with Gasteiger partial charge in [-0.2, -0.15) is 0 Å². The number of hydrogen-bond acceptors (Lipinski definition) is 3. The quantitative estimate of drug-likeness (QED) is 0.896. The van der Waals surface area contributed by atoms with Crippen LogP contribution in [0.15, 0.2) is 41.8 Å². The third-order valence-corrected chi connectivity index (χ3v) is 3.42. The lowest BCUT2D eigenvalue weighted by Gasteiger charge is -2.13. The van der Waals surface area contributed by atoms with Crippen LogP contribution in [0.25, 0.3) is 0 Å². The molecule has 0 fully saturated rings. The van der Waals surface area contributed by atoms with Crippen molar-refractivity contribution in [3.8, 4) is 5.75 Å². The maximum Gasteiger partial charge on any atom is 0.119 e. The second kappa shape index (κ2) is 5.34. The average molecular weight is 247 g/mol. The van der Waals surface area contributed by atoms with E-state index < -0.39 is 0 Å². The fourth-order valence-corrected chi connectivity index (χ4v) is 2.41. The molecule has 90 valence electrons. The predicted molar refractivity (Wildman–Crippen MR) is 72.6 cm³/mol. The predicted octanol–water partition coefficient (Wildman–Crippen LogP) is 3.58. The van der Waals surface area contributed by atoms with Crippen molar-refractivity contribution in [3.63, 3.8) is 0 Å².